The van der Waals surface area contributed by atoms with Crippen molar-refractivity contribution in [3.8, 4) is 0 Å². The van der Waals surface area contributed by atoms with Gasteiger partial charge in [-0.2, -0.15) is 0 Å². The monoisotopic (exact) mass is 286 g/mol. The molecule has 2 aromatic carbocycles. The predicted molar refractivity (Wildman–Crippen MR) is 85.3 cm³/mol. The molecule has 1 aliphatic rings. The Labute approximate surface area is 125 Å². The number of fused-ring (bicyclic) bond motifs is 1. The van der Waals surface area contributed by atoms with E-state index in [1.807, 2.05) is 13.0 Å². The van der Waals surface area contributed by atoms with Crippen LogP contribution in [-0.2, 0) is 13.0 Å². The molecule has 2 aromatic rings. The van der Waals surface area contributed by atoms with Crippen LogP contribution in [0.1, 0.15) is 29.7 Å². The molecule has 3 heteroatoms. The molecule has 0 aromatic heterocycles. The summed E-state index contributed by atoms with van der Waals surface area (Å²) in [4.78, 5) is 2.34. The molecule has 0 amide bonds. The van der Waals surface area contributed by atoms with Crippen molar-refractivity contribution in [1.29, 1.82) is 0 Å². The lowest BCUT2D eigenvalue weighted by Crippen LogP contribution is -2.30. The van der Waals surface area contributed by atoms with Gasteiger partial charge in [0.15, 0.2) is 0 Å². The number of nitrogens with zero attached hydrogens (tertiary/aromatic N) is 1. The molecule has 0 saturated carbocycles. The normalized spacial score (nSPS) is 15.8. The molecule has 0 fully saturated rings. The minimum absolute atomic E-state index is 0.0173. The Morgan fingerprint density at radius 2 is 1.90 bits per heavy atom. The van der Waals surface area contributed by atoms with E-state index in [0.717, 1.165) is 35.8 Å². The van der Waals surface area contributed by atoms with Crippen molar-refractivity contribution in [3.05, 3.63) is 64.2 Å². The van der Waals surface area contributed by atoms with E-state index in [0.29, 0.717) is 0 Å². The second-order valence-electron chi connectivity index (χ2n) is 5.44. The lowest BCUT2D eigenvalue weighted by Gasteiger charge is -2.31. The van der Waals surface area contributed by atoms with E-state index in [2.05, 4.69) is 41.3 Å². The van der Waals surface area contributed by atoms with Crippen molar-refractivity contribution in [2.75, 3.05) is 11.4 Å². The van der Waals surface area contributed by atoms with Crippen LogP contribution >= 0.6 is 11.6 Å². The van der Waals surface area contributed by atoms with Gasteiger partial charge in [0.05, 0.1) is 10.7 Å². The molecule has 2 nitrogen and oxygen atoms in total. The van der Waals surface area contributed by atoms with Crippen molar-refractivity contribution >= 4 is 17.3 Å². The van der Waals surface area contributed by atoms with Gasteiger partial charge in [0.25, 0.3) is 0 Å². The Balaban J connectivity index is 1.88. The van der Waals surface area contributed by atoms with Crippen LogP contribution in [0.15, 0.2) is 42.5 Å². The van der Waals surface area contributed by atoms with Crippen LogP contribution in [0.4, 0.5) is 5.69 Å². The number of hydrogen-bond donors (Lipinski definition) is 1. The predicted octanol–water partition coefficient (Wildman–Crippen LogP) is 3.92. The number of benzene rings is 2. The summed E-state index contributed by atoms with van der Waals surface area (Å²) in [6.07, 6.45) is 1.07. The fraction of sp³-hybridized carbons (Fsp3) is 0.294. The molecular formula is C17H19ClN2. The quantitative estimate of drug-likeness (QED) is 0.906. The van der Waals surface area contributed by atoms with E-state index >= 15 is 0 Å². The van der Waals surface area contributed by atoms with Gasteiger partial charge in [0.2, 0.25) is 0 Å². The molecule has 2 N–H and O–H groups in total. The molecule has 1 unspecified atom stereocenters. The first-order chi connectivity index (χ1) is 9.65. The summed E-state index contributed by atoms with van der Waals surface area (Å²) in [5, 5.41) is 0.791. The first-order valence-electron chi connectivity index (χ1n) is 7.02. The zero-order valence-corrected chi connectivity index (χ0v) is 12.4. The van der Waals surface area contributed by atoms with Crippen LogP contribution in [0, 0.1) is 0 Å². The molecule has 0 bridgehead atoms. The fourth-order valence-electron chi connectivity index (χ4n) is 2.76. The largest absolute Gasteiger partial charge is 0.366 e. The molecule has 0 radical (unpaired) electrons. The average molecular weight is 287 g/mol. The third-order valence-corrected chi connectivity index (χ3v) is 4.27. The van der Waals surface area contributed by atoms with Gasteiger partial charge < -0.3 is 10.6 Å². The van der Waals surface area contributed by atoms with Gasteiger partial charge in [-0.1, -0.05) is 41.9 Å². The topological polar surface area (TPSA) is 29.3 Å². The molecule has 1 heterocycles. The molecule has 3 rings (SSSR count). The van der Waals surface area contributed by atoms with Crippen molar-refractivity contribution in [3.63, 3.8) is 0 Å². The van der Waals surface area contributed by atoms with Gasteiger partial charge in [0, 0.05) is 19.1 Å². The van der Waals surface area contributed by atoms with E-state index in [-0.39, 0.29) is 6.04 Å². The zero-order chi connectivity index (χ0) is 14.1. The molecule has 104 valence electrons. The first-order valence-corrected chi connectivity index (χ1v) is 7.39. The van der Waals surface area contributed by atoms with E-state index in [1.54, 1.807) is 0 Å². The third kappa shape index (κ3) is 2.54. The molecular weight excluding hydrogens is 268 g/mol. The second-order valence-corrected chi connectivity index (χ2v) is 5.85. The maximum absolute atomic E-state index is 6.44. The Hall–Kier alpha value is -1.51. The van der Waals surface area contributed by atoms with E-state index in [1.165, 1.54) is 11.1 Å². The van der Waals surface area contributed by atoms with Gasteiger partial charge in [-0.05, 0) is 42.2 Å². The minimum atomic E-state index is 0.0173. The highest BCUT2D eigenvalue weighted by Gasteiger charge is 2.18. The second kappa shape index (κ2) is 5.47. The Kier molecular flexibility index (Phi) is 3.68. The van der Waals surface area contributed by atoms with Crippen LogP contribution < -0.4 is 10.6 Å². The average Bonchev–Trinajstić information content (AvgIpc) is 2.46. The number of hydrogen-bond acceptors (Lipinski definition) is 2. The summed E-state index contributed by atoms with van der Waals surface area (Å²) in [5.74, 6) is 0. The van der Waals surface area contributed by atoms with Crippen molar-refractivity contribution in [1.82, 2.24) is 0 Å². The summed E-state index contributed by atoms with van der Waals surface area (Å²) in [6, 6.07) is 14.8. The molecule has 0 saturated heterocycles. The summed E-state index contributed by atoms with van der Waals surface area (Å²) in [7, 11) is 0. The Bertz CT molecular complexity index is 622. The standard InChI is InChI=1S/C17H19ClN2/c1-12(19)14-6-7-17(16(18)10-14)20-9-8-13-4-2-3-5-15(13)11-20/h2-7,10,12H,8-9,11,19H2,1H3. The van der Waals surface area contributed by atoms with Gasteiger partial charge in [-0.3, -0.25) is 0 Å². The van der Waals surface area contributed by atoms with Crippen molar-refractivity contribution in [2.24, 2.45) is 5.73 Å². The molecule has 20 heavy (non-hydrogen) atoms. The summed E-state index contributed by atoms with van der Waals surface area (Å²) in [6.45, 7) is 3.91. The molecule has 1 atom stereocenters. The number of anilines is 1. The zero-order valence-electron chi connectivity index (χ0n) is 11.6. The highest BCUT2D eigenvalue weighted by Crippen LogP contribution is 2.32. The summed E-state index contributed by atoms with van der Waals surface area (Å²) >= 11 is 6.44. The minimum Gasteiger partial charge on any atom is -0.366 e. The lowest BCUT2D eigenvalue weighted by molar-refractivity contribution is 0.731. The van der Waals surface area contributed by atoms with E-state index in [4.69, 9.17) is 17.3 Å². The van der Waals surface area contributed by atoms with Crippen LogP contribution in [0.2, 0.25) is 5.02 Å². The molecule has 0 spiro atoms. The van der Waals surface area contributed by atoms with Crippen LogP contribution in [0.25, 0.3) is 0 Å². The maximum atomic E-state index is 6.44. The van der Waals surface area contributed by atoms with Crippen molar-refractivity contribution in [2.45, 2.75) is 25.9 Å². The van der Waals surface area contributed by atoms with Crippen LogP contribution in [-0.4, -0.2) is 6.54 Å². The Morgan fingerprint density at radius 3 is 2.60 bits per heavy atom. The highest BCUT2D eigenvalue weighted by molar-refractivity contribution is 6.33. The van der Waals surface area contributed by atoms with Gasteiger partial charge in [-0.15, -0.1) is 0 Å². The molecule has 1 aliphatic heterocycles. The van der Waals surface area contributed by atoms with E-state index < -0.39 is 0 Å². The summed E-state index contributed by atoms with van der Waals surface area (Å²) in [5.41, 5.74) is 10.9. The highest BCUT2D eigenvalue weighted by atomic mass is 35.5. The van der Waals surface area contributed by atoms with Crippen molar-refractivity contribution < 1.29 is 0 Å². The molecule has 0 aliphatic carbocycles. The van der Waals surface area contributed by atoms with Gasteiger partial charge in [0.1, 0.15) is 0 Å². The number of nitrogens with two attached hydrogens (primary N) is 1. The fourth-order valence-corrected chi connectivity index (χ4v) is 3.07. The smallest absolute Gasteiger partial charge is 0.0643 e. The third-order valence-electron chi connectivity index (χ3n) is 3.97. The van der Waals surface area contributed by atoms with Gasteiger partial charge >= 0.3 is 0 Å². The number of halogens is 1. The van der Waals surface area contributed by atoms with Crippen LogP contribution in [0.5, 0.6) is 0 Å². The summed E-state index contributed by atoms with van der Waals surface area (Å²) < 4.78 is 0. The Morgan fingerprint density at radius 1 is 1.15 bits per heavy atom. The lowest BCUT2D eigenvalue weighted by atomic mass is 9.99. The maximum Gasteiger partial charge on any atom is 0.0643 e. The SMILES string of the molecule is CC(N)c1ccc(N2CCc3ccccc3C2)c(Cl)c1. The first kappa shape index (κ1) is 13.5. The van der Waals surface area contributed by atoms with E-state index in [9.17, 15) is 0 Å². The van der Waals surface area contributed by atoms with Gasteiger partial charge in [-0.25, -0.2) is 0 Å². The van der Waals surface area contributed by atoms with Crippen LogP contribution in [0.3, 0.4) is 0 Å². The number of rotatable bonds is 2.